The fourth-order valence-electron chi connectivity index (χ4n) is 1.37. The molecule has 1 atom stereocenters. The Labute approximate surface area is 110 Å². The van der Waals surface area contributed by atoms with E-state index >= 15 is 0 Å². The molecular formula is C11H17N3O5. The number of aromatic nitrogens is 1. The van der Waals surface area contributed by atoms with Crippen molar-refractivity contribution >= 4 is 12.0 Å². The molecule has 0 aliphatic rings. The van der Waals surface area contributed by atoms with E-state index in [-0.39, 0.29) is 19.5 Å². The molecular weight excluding hydrogens is 254 g/mol. The van der Waals surface area contributed by atoms with E-state index in [1.54, 1.807) is 13.0 Å². The number of aryl methyl sites for hydroxylation is 1. The zero-order valence-corrected chi connectivity index (χ0v) is 10.8. The molecule has 0 saturated heterocycles. The van der Waals surface area contributed by atoms with Gasteiger partial charge in [-0.15, -0.1) is 0 Å². The number of urea groups is 1. The van der Waals surface area contributed by atoms with Gasteiger partial charge in [-0.3, -0.25) is 4.79 Å². The average Bonchev–Trinajstić information content (AvgIpc) is 2.77. The summed E-state index contributed by atoms with van der Waals surface area (Å²) in [6, 6.07) is 1.29. The maximum Gasteiger partial charge on any atom is 0.315 e. The fraction of sp³-hybridized carbons (Fsp3) is 0.545. The summed E-state index contributed by atoms with van der Waals surface area (Å²) in [6.07, 6.45) is -0.725. The van der Waals surface area contributed by atoms with Crippen molar-refractivity contribution < 1.29 is 24.0 Å². The Balaban J connectivity index is 2.25. The maximum atomic E-state index is 11.4. The van der Waals surface area contributed by atoms with E-state index in [2.05, 4.69) is 15.8 Å². The quantitative estimate of drug-likeness (QED) is 0.656. The highest BCUT2D eigenvalue weighted by Crippen LogP contribution is 2.00. The predicted octanol–water partition coefficient (Wildman–Crippen LogP) is 0.272. The van der Waals surface area contributed by atoms with E-state index in [1.807, 2.05) is 0 Å². The van der Waals surface area contributed by atoms with Crippen LogP contribution in [0.3, 0.4) is 0 Å². The average molecular weight is 271 g/mol. The number of rotatable bonds is 7. The van der Waals surface area contributed by atoms with Crippen LogP contribution in [0.4, 0.5) is 4.79 Å². The lowest BCUT2D eigenvalue weighted by molar-refractivity contribution is -0.139. The lowest BCUT2D eigenvalue weighted by Crippen LogP contribution is -2.40. The molecule has 0 aliphatic heterocycles. The van der Waals surface area contributed by atoms with Crippen LogP contribution in [0.2, 0.25) is 0 Å². The first-order chi connectivity index (χ1) is 9.01. The number of nitrogens with one attached hydrogen (secondary N) is 2. The van der Waals surface area contributed by atoms with Gasteiger partial charge in [-0.05, 0) is 6.92 Å². The van der Waals surface area contributed by atoms with E-state index in [4.69, 9.17) is 14.4 Å². The van der Waals surface area contributed by atoms with Crippen LogP contribution in [0.5, 0.6) is 0 Å². The molecule has 1 aromatic rings. The molecule has 3 N–H and O–H groups in total. The summed E-state index contributed by atoms with van der Waals surface area (Å²) in [5, 5.41) is 17.4. The van der Waals surface area contributed by atoms with Crippen molar-refractivity contribution in [3.05, 3.63) is 17.5 Å². The molecule has 0 aliphatic carbocycles. The summed E-state index contributed by atoms with van der Waals surface area (Å²) in [5.41, 5.74) is 0.612. The van der Waals surface area contributed by atoms with Gasteiger partial charge in [0.25, 0.3) is 0 Å². The number of hydrogen-bond acceptors (Lipinski definition) is 5. The van der Waals surface area contributed by atoms with Crippen molar-refractivity contribution in [3.63, 3.8) is 0 Å². The van der Waals surface area contributed by atoms with Crippen molar-refractivity contribution in [2.24, 2.45) is 0 Å². The first kappa shape index (κ1) is 15.0. The minimum atomic E-state index is -0.980. The topological polar surface area (TPSA) is 114 Å². The highest BCUT2D eigenvalue weighted by atomic mass is 16.5. The lowest BCUT2D eigenvalue weighted by atomic mass is 10.2. The normalized spacial score (nSPS) is 11.9. The fourth-order valence-corrected chi connectivity index (χ4v) is 1.37. The maximum absolute atomic E-state index is 11.4. The van der Waals surface area contributed by atoms with E-state index in [0.29, 0.717) is 11.5 Å². The van der Waals surface area contributed by atoms with Crippen molar-refractivity contribution in [2.45, 2.75) is 26.0 Å². The largest absolute Gasteiger partial charge is 0.481 e. The summed E-state index contributed by atoms with van der Waals surface area (Å²) in [4.78, 5) is 21.9. The van der Waals surface area contributed by atoms with E-state index in [1.165, 1.54) is 7.11 Å². The van der Waals surface area contributed by atoms with Gasteiger partial charge in [0.15, 0.2) is 0 Å². The summed E-state index contributed by atoms with van der Waals surface area (Å²) in [6.45, 7) is 2.11. The van der Waals surface area contributed by atoms with Crippen molar-refractivity contribution in [3.8, 4) is 0 Å². The smallest absolute Gasteiger partial charge is 0.315 e. The van der Waals surface area contributed by atoms with E-state index < -0.39 is 18.1 Å². The number of carbonyl (C=O) groups is 2. The number of amides is 2. The SMILES string of the molecule is COC(CNC(=O)NCc1cc(C)on1)CC(=O)O. The number of methoxy groups -OCH3 is 1. The minimum absolute atomic E-state index is 0.118. The van der Waals surface area contributed by atoms with E-state index in [9.17, 15) is 9.59 Å². The molecule has 0 spiro atoms. The minimum Gasteiger partial charge on any atom is -0.481 e. The Morgan fingerprint density at radius 3 is 2.79 bits per heavy atom. The summed E-state index contributed by atoms with van der Waals surface area (Å²) < 4.78 is 9.78. The summed E-state index contributed by atoms with van der Waals surface area (Å²) in [7, 11) is 1.39. The third-order valence-corrected chi connectivity index (χ3v) is 2.33. The van der Waals surface area contributed by atoms with Gasteiger partial charge >= 0.3 is 12.0 Å². The molecule has 0 aromatic carbocycles. The second-order valence-electron chi connectivity index (χ2n) is 3.95. The lowest BCUT2D eigenvalue weighted by Gasteiger charge is -2.14. The van der Waals surface area contributed by atoms with Gasteiger partial charge in [-0.25, -0.2) is 4.79 Å². The standard InChI is InChI=1S/C11H17N3O5/c1-7-3-8(14-19-7)5-12-11(17)13-6-9(18-2)4-10(15)16/h3,9H,4-6H2,1-2H3,(H,15,16)(H2,12,13,17). The Hall–Kier alpha value is -2.09. The molecule has 0 saturated carbocycles. The van der Waals surface area contributed by atoms with Crippen LogP contribution in [0.1, 0.15) is 17.9 Å². The van der Waals surface area contributed by atoms with E-state index in [0.717, 1.165) is 0 Å². The van der Waals surface area contributed by atoms with Crippen LogP contribution in [0.25, 0.3) is 0 Å². The molecule has 8 nitrogen and oxygen atoms in total. The number of aliphatic carboxylic acids is 1. The monoisotopic (exact) mass is 271 g/mol. The van der Waals surface area contributed by atoms with Crippen LogP contribution in [0, 0.1) is 6.92 Å². The number of carboxylic acids is 1. The van der Waals surface area contributed by atoms with Gasteiger partial charge in [0.2, 0.25) is 0 Å². The van der Waals surface area contributed by atoms with Crippen LogP contribution in [0.15, 0.2) is 10.6 Å². The molecule has 19 heavy (non-hydrogen) atoms. The Morgan fingerprint density at radius 2 is 2.26 bits per heavy atom. The molecule has 1 rings (SSSR count). The number of carboxylic acid groups (broad SMARTS) is 1. The third kappa shape index (κ3) is 5.87. The van der Waals surface area contributed by atoms with Crippen molar-refractivity contribution in [1.82, 2.24) is 15.8 Å². The summed E-state index contributed by atoms with van der Waals surface area (Å²) in [5.74, 6) is -0.315. The van der Waals surface area contributed by atoms with Gasteiger partial charge in [0.1, 0.15) is 11.5 Å². The van der Waals surface area contributed by atoms with Gasteiger partial charge < -0.3 is 25.0 Å². The highest BCUT2D eigenvalue weighted by Gasteiger charge is 2.13. The van der Waals surface area contributed by atoms with Crippen LogP contribution < -0.4 is 10.6 Å². The Morgan fingerprint density at radius 1 is 1.53 bits per heavy atom. The molecule has 0 bridgehead atoms. The predicted molar refractivity (Wildman–Crippen MR) is 64.5 cm³/mol. The molecule has 106 valence electrons. The van der Waals surface area contributed by atoms with Gasteiger partial charge in [0, 0.05) is 19.7 Å². The van der Waals surface area contributed by atoms with Crippen LogP contribution in [-0.4, -0.2) is 42.0 Å². The molecule has 2 amide bonds. The van der Waals surface area contributed by atoms with Crippen LogP contribution >= 0.6 is 0 Å². The number of ether oxygens (including phenoxy) is 1. The van der Waals surface area contributed by atoms with Gasteiger partial charge in [-0.1, -0.05) is 5.16 Å². The molecule has 0 fully saturated rings. The van der Waals surface area contributed by atoms with Crippen molar-refractivity contribution in [1.29, 1.82) is 0 Å². The van der Waals surface area contributed by atoms with Gasteiger partial charge in [-0.2, -0.15) is 0 Å². The first-order valence-corrected chi connectivity index (χ1v) is 5.69. The number of nitrogens with zero attached hydrogens (tertiary/aromatic N) is 1. The second kappa shape index (κ2) is 7.37. The zero-order chi connectivity index (χ0) is 14.3. The summed E-state index contributed by atoms with van der Waals surface area (Å²) >= 11 is 0. The zero-order valence-electron chi connectivity index (χ0n) is 10.8. The second-order valence-corrected chi connectivity index (χ2v) is 3.95. The molecule has 1 aromatic heterocycles. The molecule has 8 heteroatoms. The number of hydrogen-bond donors (Lipinski definition) is 3. The molecule has 1 heterocycles. The van der Waals surface area contributed by atoms with Gasteiger partial charge in [0.05, 0.1) is 19.1 Å². The highest BCUT2D eigenvalue weighted by molar-refractivity contribution is 5.74. The third-order valence-electron chi connectivity index (χ3n) is 2.33. The Kier molecular flexibility index (Phi) is 5.80. The number of carbonyl (C=O) groups excluding carboxylic acids is 1. The molecule has 1 unspecified atom stereocenters. The first-order valence-electron chi connectivity index (χ1n) is 5.69. The molecule has 0 radical (unpaired) electrons. The van der Waals surface area contributed by atoms with Crippen LogP contribution in [-0.2, 0) is 16.1 Å². The Bertz CT molecular complexity index is 432. The van der Waals surface area contributed by atoms with Crippen molar-refractivity contribution in [2.75, 3.05) is 13.7 Å².